The van der Waals surface area contributed by atoms with Gasteiger partial charge >= 0.3 is 0 Å². The van der Waals surface area contributed by atoms with Crippen molar-refractivity contribution in [3.8, 4) is 0 Å². The molecule has 1 heterocycles. The van der Waals surface area contributed by atoms with Gasteiger partial charge in [0.2, 0.25) is 0 Å². The van der Waals surface area contributed by atoms with Gasteiger partial charge in [-0.3, -0.25) is 4.98 Å². The highest BCUT2D eigenvalue weighted by Crippen LogP contribution is 2.07. The Labute approximate surface area is 91.8 Å². The van der Waals surface area contributed by atoms with E-state index in [9.17, 15) is 0 Å². The lowest BCUT2D eigenvalue weighted by molar-refractivity contribution is 0.668. The van der Waals surface area contributed by atoms with Crippen molar-refractivity contribution in [3.05, 3.63) is 28.5 Å². The molecule has 2 nitrogen and oxygen atoms in total. The molecule has 0 aliphatic rings. The topological polar surface area (TPSA) is 24.9 Å². The number of hydrogen-bond donors (Lipinski definition) is 1. The normalized spacial score (nSPS) is 12.8. The summed E-state index contributed by atoms with van der Waals surface area (Å²) in [6.07, 6.45) is 1.79. The Hall–Kier alpha value is -0.120. The van der Waals surface area contributed by atoms with Crippen molar-refractivity contribution in [1.82, 2.24) is 10.3 Å². The smallest absolute Gasteiger partial charge is 0.0542 e. The van der Waals surface area contributed by atoms with Crippen LogP contribution in [0.5, 0.6) is 0 Å². The van der Waals surface area contributed by atoms with Crippen molar-refractivity contribution < 1.29 is 0 Å². The Morgan fingerprint density at radius 1 is 1.62 bits per heavy atom. The fourth-order valence-electron chi connectivity index (χ4n) is 0.910. The van der Waals surface area contributed by atoms with Crippen LogP contribution in [0, 0.1) is 0 Å². The lowest BCUT2D eigenvalue weighted by Gasteiger charge is -2.05. The minimum Gasteiger partial charge on any atom is -0.310 e. The number of pyridine rings is 1. The molecule has 1 atom stereocenters. The molecule has 0 saturated heterocycles. The van der Waals surface area contributed by atoms with Crippen LogP contribution in [0.25, 0.3) is 0 Å². The van der Waals surface area contributed by atoms with Crippen LogP contribution in [0.1, 0.15) is 12.6 Å². The van der Waals surface area contributed by atoms with E-state index in [1.165, 1.54) is 0 Å². The fraction of sp³-hybridized carbons (Fsp3) is 0.444. The average molecular weight is 264 g/mol. The first-order valence-corrected chi connectivity index (χ1v) is 5.36. The molecule has 0 aliphatic carbocycles. The Morgan fingerprint density at radius 2 is 2.38 bits per heavy atom. The third-order valence-corrected chi connectivity index (χ3v) is 2.14. The largest absolute Gasteiger partial charge is 0.310 e. The Morgan fingerprint density at radius 3 is 2.92 bits per heavy atom. The second-order valence-electron chi connectivity index (χ2n) is 2.88. The van der Waals surface area contributed by atoms with Gasteiger partial charge in [0.15, 0.2) is 0 Å². The molecule has 0 aliphatic heterocycles. The van der Waals surface area contributed by atoms with Gasteiger partial charge in [0.25, 0.3) is 0 Å². The van der Waals surface area contributed by atoms with E-state index in [2.05, 4.69) is 26.2 Å². The Kier molecular flexibility index (Phi) is 4.70. The summed E-state index contributed by atoms with van der Waals surface area (Å²) in [7, 11) is 0. The number of nitrogens with zero attached hydrogens (tertiary/aromatic N) is 1. The van der Waals surface area contributed by atoms with Crippen LogP contribution < -0.4 is 5.32 Å². The lowest BCUT2D eigenvalue weighted by atomic mass is 10.3. The third kappa shape index (κ3) is 4.60. The monoisotopic (exact) mass is 262 g/mol. The van der Waals surface area contributed by atoms with Crippen molar-refractivity contribution in [1.29, 1.82) is 0 Å². The maximum absolute atomic E-state index is 5.78. The third-order valence-electron chi connectivity index (χ3n) is 1.52. The molecule has 1 aromatic heterocycles. The first-order chi connectivity index (χ1) is 6.18. The zero-order valence-electron chi connectivity index (χ0n) is 7.43. The van der Waals surface area contributed by atoms with Crippen molar-refractivity contribution >= 4 is 27.5 Å². The van der Waals surface area contributed by atoms with Crippen molar-refractivity contribution in [2.45, 2.75) is 18.8 Å². The summed E-state index contributed by atoms with van der Waals surface area (Å²) >= 11 is 9.11. The van der Waals surface area contributed by atoms with Crippen LogP contribution in [0.2, 0.25) is 0 Å². The van der Waals surface area contributed by atoms with Gasteiger partial charge < -0.3 is 5.32 Å². The summed E-state index contributed by atoms with van der Waals surface area (Å²) in [6.45, 7) is 3.53. The van der Waals surface area contributed by atoms with Crippen molar-refractivity contribution in [2.24, 2.45) is 0 Å². The second-order valence-corrected chi connectivity index (χ2v) is 4.54. The number of alkyl halides is 1. The molecule has 0 radical (unpaired) electrons. The molecule has 0 aromatic carbocycles. The Balaban J connectivity index is 2.33. The van der Waals surface area contributed by atoms with E-state index in [1.54, 1.807) is 6.20 Å². The molecule has 0 bridgehead atoms. The number of halogens is 2. The molecule has 1 unspecified atom stereocenters. The van der Waals surface area contributed by atoms with Crippen LogP contribution >= 0.6 is 27.5 Å². The molecule has 1 aromatic rings. The number of aromatic nitrogens is 1. The molecule has 0 spiro atoms. The van der Waals surface area contributed by atoms with E-state index in [0.29, 0.717) is 0 Å². The highest BCUT2D eigenvalue weighted by molar-refractivity contribution is 9.10. The van der Waals surface area contributed by atoms with E-state index in [0.717, 1.165) is 23.3 Å². The minimum absolute atomic E-state index is 0.162. The molecule has 0 saturated carbocycles. The first-order valence-electron chi connectivity index (χ1n) is 4.13. The van der Waals surface area contributed by atoms with Gasteiger partial charge in [-0.15, -0.1) is 11.6 Å². The summed E-state index contributed by atoms with van der Waals surface area (Å²) in [5.74, 6) is 0. The fourth-order valence-corrected chi connectivity index (χ4v) is 1.25. The summed E-state index contributed by atoms with van der Waals surface area (Å²) in [5.41, 5.74) is 1.03. The molecule has 1 rings (SSSR count). The van der Waals surface area contributed by atoms with Gasteiger partial charge in [-0.25, -0.2) is 0 Å². The molecule has 1 N–H and O–H groups in total. The number of rotatable bonds is 4. The summed E-state index contributed by atoms with van der Waals surface area (Å²) in [6, 6.07) is 3.96. The van der Waals surface area contributed by atoms with E-state index in [1.807, 2.05) is 19.1 Å². The zero-order valence-corrected chi connectivity index (χ0v) is 9.77. The predicted molar refractivity (Wildman–Crippen MR) is 59.0 cm³/mol. The van der Waals surface area contributed by atoms with E-state index in [-0.39, 0.29) is 5.38 Å². The van der Waals surface area contributed by atoms with Crippen LogP contribution in [-0.2, 0) is 6.54 Å². The average Bonchev–Trinajstić information content (AvgIpc) is 2.08. The van der Waals surface area contributed by atoms with Crippen LogP contribution in [-0.4, -0.2) is 16.9 Å². The molecule has 13 heavy (non-hydrogen) atoms. The molecule has 0 fully saturated rings. The summed E-state index contributed by atoms with van der Waals surface area (Å²) < 4.78 is 1.00. The first kappa shape index (κ1) is 11.0. The van der Waals surface area contributed by atoms with Gasteiger partial charge in [0, 0.05) is 29.1 Å². The molecule has 4 heteroatoms. The molecule has 72 valence electrons. The van der Waals surface area contributed by atoms with Gasteiger partial charge in [-0.1, -0.05) is 0 Å². The minimum atomic E-state index is 0.162. The number of nitrogens with one attached hydrogen (secondary N) is 1. The standard InChI is InChI=1S/C9H12BrClN2/c1-7(11)4-12-6-9-3-2-8(10)5-13-9/h2-3,5,7,12H,4,6H2,1H3. The van der Waals surface area contributed by atoms with Crippen molar-refractivity contribution in [2.75, 3.05) is 6.54 Å². The van der Waals surface area contributed by atoms with E-state index < -0.39 is 0 Å². The predicted octanol–water partition coefficient (Wildman–Crippen LogP) is 2.56. The summed E-state index contributed by atoms with van der Waals surface area (Å²) in [5, 5.41) is 3.37. The van der Waals surface area contributed by atoms with Crippen LogP contribution in [0.15, 0.2) is 22.8 Å². The van der Waals surface area contributed by atoms with Gasteiger partial charge in [0.1, 0.15) is 0 Å². The van der Waals surface area contributed by atoms with E-state index >= 15 is 0 Å². The second kappa shape index (κ2) is 5.58. The number of hydrogen-bond acceptors (Lipinski definition) is 2. The van der Waals surface area contributed by atoms with Crippen LogP contribution in [0.3, 0.4) is 0 Å². The molecular weight excluding hydrogens is 251 g/mol. The maximum Gasteiger partial charge on any atom is 0.0542 e. The van der Waals surface area contributed by atoms with Crippen molar-refractivity contribution in [3.63, 3.8) is 0 Å². The maximum atomic E-state index is 5.78. The van der Waals surface area contributed by atoms with E-state index in [4.69, 9.17) is 11.6 Å². The SMILES string of the molecule is CC(Cl)CNCc1ccc(Br)cn1. The lowest BCUT2D eigenvalue weighted by Crippen LogP contribution is -2.21. The quantitative estimate of drug-likeness (QED) is 0.845. The zero-order chi connectivity index (χ0) is 9.68. The Bertz CT molecular complexity index is 248. The summed E-state index contributed by atoms with van der Waals surface area (Å²) in [4.78, 5) is 4.22. The highest BCUT2D eigenvalue weighted by atomic mass is 79.9. The van der Waals surface area contributed by atoms with Gasteiger partial charge in [-0.05, 0) is 35.0 Å². The van der Waals surface area contributed by atoms with Gasteiger partial charge in [-0.2, -0.15) is 0 Å². The molecule has 0 amide bonds. The molecular formula is C9H12BrClN2. The van der Waals surface area contributed by atoms with Crippen LogP contribution in [0.4, 0.5) is 0 Å². The van der Waals surface area contributed by atoms with Gasteiger partial charge in [0.05, 0.1) is 5.69 Å². The highest BCUT2D eigenvalue weighted by Gasteiger charge is 1.96.